The highest BCUT2D eigenvalue weighted by Crippen LogP contribution is 2.40. The van der Waals surface area contributed by atoms with Gasteiger partial charge in [-0.1, -0.05) is 0 Å². The SMILES string of the molecule is COc1cc(C(=O)OC2CCCOc3cc(cc(OC)c3OC)COCCC3CCN(CC3)CC2)cc(OC)c1OC. The van der Waals surface area contributed by atoms with Crippen LogP contribution in [0.25, 0.3) is 0 Å². The van der Waals surface area contributed by atoms with E-state index in [0.717, 1.165) is 50.9 Å². The second-order valence-corrected chi connectivity index (χ2v) is 10.7. The van der Waals surface area contributed by atoms with Crippen LogP contribution in [0.4, 0.5) is 0 Å². The predicted molar refractivity (Wildman–Crippen MR) is 158 cm³/mol. The van der Waals surface area contributed by atoms with Crippen LogP contribution >= 0.6 is 0 Å². The minimum atomic E-state index is -0.430. The fourth-order valence-corrected chi connectivity index (χ4v) is 5.61. The molecule has 3 aliphatic heterocycles. The molecule has 42 heavy (non-hydrogen) atoms. The van der Waals surface area contributed by atoms with Crippen LogP contribution in [0.1, 0.15) is 54.4 Å². The molecule has 1 atom stereocenters. The number of piperidine rings is 1. The Bertz CT molecular complexity index is 1140. The summed E-state index contributed by atoms with van der Waals surface area (Å²) in [6.45, 7) is 4.57. The van der Waals surface area contributed by atoms with Crippen LogP contribution in [0, 0.1) is 5.92 Å². The Hall–Kier alpha value is -3.37. The average molecular weight is 588 g/mol. The zero-order valence-electron chi connectivity index (χ0n) is 25.6. The van der Waals surface area contributed by atoms with Crippen molar-refractivity contribution in [3.63, 3.8) is 0 Å². The quantitative estimate of drug-likeness (QED) is 0.406. The summed E-state index contributed by atoms with van der Waals surface area (Å²) >= 11 is 0. The van der Waals surface area contributed by atoms with Crippen LogP contribution in [0.3, 0.4) is 0 Å². The van der Waals surface area contributed by atoms with E-state index in [2.05, 4.69) is 4.90 Å². The molecule has 0 amide bonds. The molecule has 10 heteroatoms. The van der Waals surface area contributed by atoms with Gasteiger partial charge in [-0.05, 0) is 87.4 Å². The van der Waals surface area contributed by atoms with E-state index in [9.17, 15) is 4.79 Å². The largest absolute Gasteiger partial charge is 0.493 e. The van der Waals surface area contributed by atoms with Gasteiger partial charge in [-0.25, -0.2) is 4.79 Å². The van der Waals surface area contributed by atoms with Gasteiger partial charge in [0, 0.05) is 13.2 Å². The molecule has 3 aliphatic rings. The number of carbonyl (C=O) groups excluding carboxylic acids is 1. The van der Waals surface area contributed by atoms with Crippen molar-refractivity contribution >= 4 is 5.97 Å². The Kier molecular flexibility index (Phi) is 11.8. The molecule has 0 radical (unpaired) electrons. The van der Waals surface area contributed by atoms with Crippen LogP contribution in [-0.2, 0) is 16.1 Å². The van der Waals surface area contributed by atoms with E-state index in [1.165, 1.54) is 21.3 Å². The zero-order valence-corrected chi connectivity index (χ0v) is 25.6. The number of esters is 1. The third-order valence-corrected chi connectivity index (χ3v) is 8.02. The molecule has 2 aromatic rings. The fourth-order valence-electron chi connectivity index (χ4n) is 5.61. The van der Waals surface area contributed by atoms with Crippen molar-refractivity contribution in [3.05, 3.63) is 35.4 Å². The molecule has 0 N–H and O–H groups in total. The molecule has 0 aromatic heterocycles. The number of carbonyl (C=O) groups is 1. The minimum Gasteiger partial charge on any atom is -0.493 e. The van der Waals surface area contributed by atoms with Crippen molar-refractivity contribution in [2.75, 3.05) is 68.4 Å². The van der Waals surface area contributed by atoms with Crippen LogP contribution in [0.15, 0.2) is 24.3 Å². The van der Waals surface area contributed by atoms with Crippen LogP contribution < -0.4 is 28.4 Å². The second kappa shape index (κ2) is 15.7. The summed E-state index contributed by atoms with van der Waals surface area (Å²) in [7, 11) is 7.79. The molecule has 3 heterocycles. The Labute approximate surface area is 249 Å². The topological polar surface area (TPSA) is 94.2 Å². The smallest absolute Gasteiger partial charge is 0.338 e. The molecule has 4 bridgehead atoms. The number of fused-ring (bicyclic) bond motifs is 11. The monoisotopic (exact) mass is 587 g/mol. The summed E-state index contributed by atoms with van der Waals surface area (Å²) in [6, 6.07) is 7.12. The van der Waals surface area contributed by atoms with Gasteiger partial charge in [0.05, 0.1) is 54.3 Å². The van der Waals surface area contributed by atoms with Crippen molar-refractivity contribution in [1.82, 2.24) is 4.90 Å². The Balaban J connectivity index is 1.51. The highest BCUT2D eigenvalue weighted by atomic mass is 16.6. The van der Waals surface area contributed by atoms with Gasteiger partial charge >= 0.3 is 5.97 Å². The van der Waals surface area contributed by atoms with Gasteiger partial charge in [-0.3, -0.25) is 0 Å². The Morgan fingerprint density at radius 1 is 0.738 bits per heavy atom. The number of ether oxygens (including phenoxy) is 8. The van der Waals surface area contributed by atoms with E-state index in [-0.39, 0.29) is 6.10 Å². The number of hydrogen-bond donors (Lipinski definition) is 0. The molecular weight excluding hydrogens is 542 g/mol. The van der Waals surface area contributed by atoms with E-state index in [0.29, 0.717) is 78.6 Å². The van der Waals surface area contributed by atoms with Crippen molar-refractivity contribution in [2.24, 2.45) is 5.92 Å². The van der Waals surface area contributed by atoms with Crippen LogP contribution in [0.2, 0.25) is 0 Å². The first-order chi connectivity index (χ1) is 20.5. The van der Waals surface area contributed by atoms with Crippen molar-refractivity contribution in [1.29, 1.82) is 0 Å². The minimum absolute atomic E-state index is 0.284. The van der Waals surface area contributed by atoms with E-state index in [1.54, 1.807) is 26.4 Å². The van der Waals surface area contributed by atoms with Gasteiger partial charge in [0.25, 0.3) is 0 Å². The molecule has 1 saturated heterocycles. The Morgan fingerprint density at radius 3 is 2.02 bits per heavy atom. The van der Waals surface area contributed by atoms with Crippen molar-refractivity contribution in [2.45, 2.75) is 51.2 Å². The zero-order chi connectivity index (χ0) is 29.9. The molecule has 0 spiro atoms. The molecule has 5 rings (SSSR count). The van der Waals surface area contributed by atoms with Gasteiger partial charge in [0.15, 0.2) is 23.0 Å². The van der Waals surface area contributed by atoms with E-state index in [4.69, 9.17) is 37.9 Å². The maximum absolute atomic E-state index is 13.3. The molecule has 2 aromatic carbocycles. The molecular formula is C32H45NO9. The average Bonchev–Trinajstić information content (AvgIpc) is 3.02. The van der Waals surface area contributed by atoms with Gasteiger partial charge in [0.1, 0.15) is 6.10 Å². The molecule has 1 fully saturated rings. The van der Waals surface area contributed by atoms with E-state index in [1.807, 2.05) is 12.1 Å². The number of methoxy groups -OCH3 is 5. The molecule has 232 valence electrons. The number of rotatable bonds is 7. The maximum Gasteiger partial charge on any atom is 0.338 e. The summed E-state index contributed by atoms with van der Waals surface area (Å²) in [5.41, 5.74) is 1.31. The van der Waals surface area contributed by atoms with Gasteiger partial charge < -0.3 is 42.8 Å². The lowest BCUT2D eigenvalue weighted by atomic mass is 9.93. The van der Waals surface area contributed by atoms with Crippen LogP contribution in [0.5, 0.6) is 34.5 Å². The first-order valence-corrected chi connectivity index (χ1v) is 14.7. The maximum atomic E-state index is 13.3. The lowest BCUT2D eigenvalue weighted by Gasteiger charge is -2.33. The van der Waals surface area contributed by atoms with Gasteiger partial charge in [0.2, 0.25) is 11.5 Å². The number of benzene rings is 2. The third kappa shape index (κ3) is 8.13. The lowest BCUT2D eigenvalue weighted by molar-refractivity contribution is 0.0206. The van der Waals surface area contributed by atoms with E-state index >= 15 is 0 Å². The van der Waals surface area contributed by atoms with Crippen LogP contribution in [-0.4, -0.2) is 85.4 Å². The van der Waals surface area contributed by atoms with E-state index < -0.39 is 5.97 Å². The summed E-state index contributed by atoms with van der Waals surface area (Å²) in [6.07, 6.45) is 5.11. The fraction of sp³-hybridized carbons (Fsp3) is 0.594. The first-order valence-electron chi connectivity index (χ1n) is 14.7. The summed E-state index contributed by atoms with van der Waals surface area (Å²) in [4.78, 5) is 15.8. The first kappa shape index (κ1) is 31.6. The highest BCUT2D eigenvalue weighted by Gasteiger charge is 2.24. The molecule has 0 saturated carbocycles. The van der Waals surface area contributed by atoms with Gasteiger partial charge in [-0.2, -0.15) is 0 Å². The molecule has 1 unspecified atom stereocenters. The van der Waals surface area contributed by atoms with Gasteiger partial charge in [-0.15, -0.1) is 0 Å². The predicted octanol–water partition coefficient (Wildman–Crippen LogP) is 5.14. The second-order valence-electron chi connectivity index (χ2n) is 10.7. The lowest BCUT2D eigenvalue weighted by Crippen LogP contribution is -2.36. The number of nitrogens with zero attached hydrogens (tertiary/aromatic N) is 1. The molecule has 0 aliphatic carbocycles. The highest BCUT2D eigenvalue weighted by molar-refractivity contribution is 5.91. The third-order valence-electron chi connectivity index (χ3n) is 8.02. The van der Waals surface area contributed by atoms with Crippen molar-refractivity contribution in [3.8, 4) is 34.5 Å². The number of hydrogen-bond acceptors (Lipinski definition) is 10. The normalized spacial score (nSPS) is 21.7. The summed E-state index contributed by atoms with van der Waals surface area (Å²) in [5.74, 6) is 3.21. The Morgan fingerprint density at radius 2 is 1.38 bits per heavy atom. The summed E-state index contributed by atoms with van der Waals surface area (Å²) in [5, 5.41) is 0. The summed E-state index contributed by atoms with van der Waals surface area (Å²) < 4.78 is 45.7. The van der Waals surface area contributed by atoms with Crippen molar-refractivity contribution < 1.29 is 42.7 Å². The standard InChI is InChI=1S/C32H45NO9/c1-35-26-17-23-18-29(31(26)39-5)41-15-6-7-25(10-14-33-12-8-22(9-13-33)11-16-40-21-23)42-32(34)24-19-27(36-2)30(38-4)28(20-24)37-3/h17-20,22,25H,6-16,21H2,1-5H3. The molecule has 10 nitrogen and oxygen atoms in total.